The second-order valence-corrected chi connectivity index (χ2v) is 6.30. The molecular formula is C12H19N3O3S. The highest BCUT2D eigenvalue weighted by Crippen LogP contribution is 2.28. The summed E-state index contributed by atoms with van der Waals surface area (Å²) in [7, 11) is -3.71. The van der Waals surface area contributed by atoms with Crippen molar-refractivity contribution in [3.63, 3.8) is 0 Å². The van der Waals surface area contributed by atoms with E-state index in [1.165, 1.54) is 31.0 Å². The van der Waals surface area contributed by atoms with E-state index in [4.69, 9.17) is 15.6 Å². The normalized spacial score (nSPS) is 15.4. The van der Waals surface area contributed by atoms with Crippen LogP contribution in [0.3, 0.4) is 0 Å². The van der Waals surface area contributed by atoms with Crippen LogP contribution in [-0.2, 0) is 14.8 Å². The molecule has 5 N–H and O–H groups in total. The Morgan fingerprint density at radius 1 is 1.37 bits per heavy atom. The number of hydrogen-bond acceptors (Lipinski definition) is 5. The Bertz CT molecular complexity index is 541. The molecule has 0 spiro atoms. The van der Waals surface area contributed by atoms with Crippen LogP contribution in [0.1, 0.15) is 12.8 Å². The first-order chi connectivity index (χ1) is 8.97. The molecule has 0 radical (unpaired) electrons. The Hall–Kier alpha value is -1.31. The molecule has 19 heavy (non-hydrogen) atoms. The molecule has 0 unspecified atom stereocenters. The summed E-state index contributed by atoms with van der Waals surface area (Å²) in [5.74, 6) is 0.732. The average molecular weight is 285 g/mol. The molecule has 1 fully saturated rings. The molecule has 106 valence electrons. The van der Waals surface area contributed by atoms with Crippen LogP contribution in [0.4, 0.5) is 11.4 Å². The quantitative estimate of drug-likeness (QED) is 0.506. The molecule has 1 aromatic carbocycles. The van der Waals surface area contributed by atoms with Crippen LogP contribution in [0.15, 0.2) is 23.1 Å². The van der Waals surface area contributed by atoms with Crippen molar-refractivity contribution in [2.45, 2.75) is 17.7 Å². The summed E-state index contributed by atoms with van der Waals surface area (Å²) >= 11 is 0. The van der Waals surface area contributed by atoms with Gasteiger partial charge in [-0.15, -0.1) is 0 Å². The van der Waals surface area contributed by atoms with Crippen molar-refractivity contribution in [3.8, 4) is 0 Å². The third-order valence-corrected chi connectivity index (χ3v) is 3.88. The van der Waals surface area contributed by atoms with Crippen LogP contribution in [-0.4, -0.2) is 28.2 Å². The maximum absolute atomic E-state index is 11.2. The molecule has 1 aromatic rings. The van der Waals surface area contributed by atoms with Gasteiger partial charge in [0.05, 0.1) is 22.9 Å². The number of anilines is 2. The van der Waals surface area contributed by atoms with Gasteiger partial charge in [0.25, 0.3) is 0 Å². The van der Waals surface area contributed by atoms with Crippen molar-refractivity contribution in [3.05, 3.63) is 18.2 Å². The molecule has 0 aromatic heterocycles. The van der Waals surface area contributed by atoms with E-state index in [0.717, 1.165) is 12.5 Å². The molecule has 1 aliphatic rings. The third kappa shape index (κ3) is 4.38. The molecular weight excluding hydrogens is 266 g/mol. The first-order valence-electron chi connectivity index (χ1n) is 6.21. The maximum atomic E-state index is 11.2. The molecule has 0 aliphatic heterocycles. The summed E-state index contributed by atoms with van der Waals surface area (Å²) in [6.07, 6.45) is 2.52. The van der Waals surface area contributed by atoms with Crippen molar-refractivity contribution in [1.29, 1.82) is 0 Å². The molecule has 6 nitrogen and oxygen atoms in total. The lowest BCUT2D eigenvalue weighted by atomic mass is 10.2. The third-order valence-electron chi connectivity index (χ3n) is 2.97. The number of nitrogen functional groups attached to an aromatic ring is 1. The second-order valence-electron chi connectivity index (χ2n) is 4.74. The molecule has 1 saturated carbocycles. The number of primary sulfonamides is 1. The van der Waals surface area contributed by atoms with Crippen LogP contribution >= 0.6 is 0 Å². The van der Waals surface area contributed by atoms with E-state index in [1.54, 1.807) is 0 Å². The molecule has 0 amide bonds. The first kappa shape index (κ1) is 14.1. The largest absolute Gasteiger partial charge is 0.397 e. The highest BCUT2D eigenvalue weighted by atomic mass is 32.2. The van der Waals surface area contributed by atoms with E-state index in [9.17, 15) is 8.42 Å². The van der Waals surface area contributed by atoms with E-state index in [1.807, 2.05) is 0 Å². The Kier molecular flexibility index (Phi) is 4.28. The average Bonchev–Trinajstić information content (AvgIpc) is 3.13. The monoisotopic (exact) mass is 285 g/mol. The van der Waals surface area contributed by atoms with Gasteiger partial charge in [-0.2, -0.15) is 0 Å². The fourth-order valence-electron chi connectivity index (χ4n) is 1.66. The van der Waals surface area contributed by atoms with Gasteiger partial charge in [0.2, 0.25) is 10.0 Å². The lowest BCUT2D eigenvalue weighted by Crippen LogP contribution is -2.15. The number of hydrogen-bond donors (Lipinski definition) is 3. The lowest BCUT2D eigenvalue weighted by molar-refractivity contribution is 0.134. The van der Waals surface area contributed by atoms with Crippen LogP contribution in [0.25, 0.3) is 0 Å². The van der Waals surface area contributed by atoms with Crippen molar-refractivity contribution < 1.29 is 13.2 Å². The van der Waals surface area contributed by atoms with Crippen molar-refractivity contribution >= 4 is 21.4 Å². The van der Waals surface area contributed by atoms with E-state index in [0.29, 0.717) is 24.5 Å². The highest BCUT2D eigenvalue weighted by Gasteiger charge is 2.20. The molecule has 1 aliphatic carbocycles. The molecule has 0 saturated heterocycles. The van der Waals surface area contributed by atoms with Crippen LogP contribution < -0.4 is 16.2 Å². The molecule has 7 heteroatoms. The number of rotatable bonds is 7. The van der Waals surface area contributed by atoms with Gasteiger partial charge in [0, 0.05) is 13.2 Å². The van der Waals surface area contributed by atoms with Gasteiger partial charge in [-0.1, -0.05) is 0 Å². The predicted octanol–water partition coefficient (Wildman–Crippen LogP) is 0.755. The van der Waals surface area contributed by atoms with Crippen LogP contribution in [0.5, 0.6) is 0 Å². The Labute approximate surface area is 113 Å². The van der Waals surface area contributed by atoms with Gasteiger partial charge < -0.3 is 15.8 Å². The SMILES string of the molecule is Nc1ccc(S(N)(=O)=O)cc1NCCOCC1CC1. The van der Waals surface area contributed by atoms with Gasteiger partial charge in [0.1, 0.15) is 0 Å². The van der Waals surface area contributed by atoms with E-state index < -0.39 is 10.0 Å². The van der Waals surface area contributed by atoms with Crippen LogP contribution in [0.2, 0.25) is 0 Å². The predicted molar refractivity (Wildman–Crippen MR) is 74.3 cm³/mol. The fourth-order valence-corrected chi connectivity index (χ4v) is 2.20. The number of benzene rings is 1. The molecule has 0 bridgehead atoms. The number of nitrogens with one attached hydrogen (secondary N) is 1. The Morgan fingerprint density at radius 3 is 2.74 bits per heavy atom. The van der Waals surface area contributed by atoms with Gasteiger partial charge in [-0.05, 0) is 37.0 Å². The smallest absolute Gasteiger partial charge is 0.238 e. The van der Waals surface area contributed by atoms with Crippen molar-refractivity contribution in [2.75, 3.05) is 30.8 Å². The standard InChI is InChI=1S/C12H19N3O3S/c13-11-4-3-10(19(14,16)17)7-12(11)15-5-6-18-8-9-1-2-9/h3-4,7,9,15H,1-2,5-6,8,13H2,(H2,14,16,17). The summed E-state index contributed by atoms with van der Waals surface area (Å²) in [6.45, 7) is 1.94. The number of nitrogens with two attached hydrogens (primary N) is 2. The molecule has 2 rings (SSSR count). The molecule has 0 heterocycles. The summed E-state index contributed by atoms with van der Waals surface area (Å²) in [5.41, 5.74) is 6.80. The van der Waals surface area contributed by atoms with Crippen LogP contribution in [0, 0.1) is 5.92 Å². The lowest BCUT2D eigenvalue weighted by Gasteiger charge is -2.11. The van der Waals surface area contributed by atoms with Gasteiger partial charge in [-0.25, -0.2) is 13.6 Å². The Morgan fingerprint density at radius 2 is 2.11 bits per heavy atom. The Balaban J connectivity index is 1.87. The van der Waals surface area contributed by atoms with Gasteiger partial charge in [-0.3, -0.25) is 0 Å². The summed E-state index contributed by atoms with van der Waals surface area (Å²) in [5, 5.41) is 8.12. The second kappa shape index (κ2) is 5.77. The first-order valence-corrected chi connectivity index (χ1v) is 7.75. The van der Waals surface area contributed by atoms with Crippen molar-refractivity contribution in [2.24, 2.45) is 11.1 Å². The van der Waals surface area contributed by atoms with E-state index in [2.05, 4.69) is 5.32 Å². The number of ether oxygens (including phenoxy) is 1. The minimum absolute atomic E-state index is 0.0445. The van der Waals surface area contributed by atoms with Gasteiger partial charge >= 0.3 is 0 Å². The number of sulfonamides is 1. The summed E-state index contributed by atoms with van der Waals surface area (Å²) < 4.78 is 27.9. The topological polar surface area (TPSA) is 107 Å². The summed E-state index contributed by atoms with van der Waals surface area (Å²) in [6, 6.07) is 4.35. The van der Waals surface area contributed by atoms with Crippen molar-refractivity contribution in [1.82, 2.24) is 0 Å². The molecule has 0 atom stereocenters. The zero-order valence-electron chi connectivity index (χ0n) is 10.6. The van der Waals surface area contributed by atoms with E-state index in [-0.39, 0.29) is 4.90 Å². The van der Waals surface area contributed by atoms with E-state index >= 15 is 0 Å². The summed E-state index contributed by atoms with van der Waals surface area (Å²) in [4.78, 5) is 0.0445. The zero-order valence-corrected chi connectivity index (χ0v) is 11.4. The zero-order chi connectivity index (χ0) is 13.9. The van der Waals surface area contributed by atoms with Gasteiger partial charge in [0.15, 0.2) is 0 Å². The minimum Gasteiger partial charge on any atom is -0.397 e. The highest BCUT2D eigenvalue weighted by molar-refractivity contribution is 7.89. The maximum Gasteiger partial charge on any atom is 0.238 e. The fraction of sp³-hybridized carbons (Fsp3) is 0.500. The minimum atomic E-state index is -3.71.